The van der Waals surface area contributed by atoms with Crippen molar-refractivity contribution in [2.75, 3.05) is 25.4 Å². The lowest BCUT2D eigenvalue weighted by atomic mass is 10.2. The van der Waals surface area contributed by atoms with Gasteiger partial charge < -0.3 is 10.2 Å². The fraction of sp³-hybridized carbons (Fsp3) is 0.409. The average molecular weight is 457 g/mol. The van der Waals surface area contributed by atoms with E-state index in [9.17, 15) is 14.0 Å². The molecule has 2 aromatic heterocycles. The van der Waals surface area contributed by atoms with Crippen LogP contribution in [-0.4, -0.2) is 61.9 Å². The van der Waals surface area contributed by atoms with Gasteiger partial charge in [0.05, 0.1) is 5.75 Å². The predicted molar refractivity (Wildman–Crippen MR) is 119 cm³/mol. The molecule has 1 N–H and O–H groups in total. The molecule has 0 spiro atoms. The monoisotopic (exact) mass is 456 g/mol. The second-order valence-corrected chi connectivity index (χ2v) is 8.65. The summed E-state index contributed by atoms with van der Waals surface area (Å²) in [6, 6.07) is 9.04. The molecule has 0 atom stereocenters. The highest BCUT2D eigenvalue weighted by Gasteiger charge is 2.16. The highest BCUT2D eigenvalue weighted by atomic mass is 32.2. The zero-order chi connectivity index (χ0) is 22.3. The number of benzene rings is 1. The van der Waals surface area contributed by atoms with Gasteiger partial charge in [0.25, 0.3) is 5.91 Å². The normalized spacial score (nSPS) is 14.3. The van der Waals surface area contributed by atoms with Crippen LogP contribution in [0.25, 0.3) is 5.65 Å². The number of nitrogens with one attached hydrogen (secondary N) is 1. The van der Waals surface area contributed by atoms with Crippen LogP contribution in [0, 0.1) is 5.82 Å². The second kappa shape index (κ2) is 10.5. The summed E-state index contributed by atoms with van der Waals surface area (Å²) in [5.74, 6) is 0.440. The summed E-state index contributed by atoms with van der Waals surface area (Å²) in [5, 5.41) is 16.4. The number of thioether (sulfide) groups is 1. The first kappa shape index (κ1) is 22.2. The van der Waals surface area contributed by atoms with Crippen molar-refractivity contribution >= 4 is 29.2 Å². The number of aromatic nitrogens is 4. The summed E-state index contributed by atoms with van der Waals surface area (Å²) in [6.45, 7) is 2.01. The lowest BCUT2D eigenvalue weighted by molar-refractivity contribution is -0.128. The third-order valence-electron chi connectivity index (χ3n) is 5.35. The van der Waals surface area contributed by atoms with Crippen LogP contribution in [0.3, 0.4) is 0 Å². The number of halogens is 1. The van der Waals surface area contributed by atoms with Gasteiger partial charge in [0, 0.05) is 31.6 Å². The molecule has 0 aliphatic carbocycles. The van der Waals surface area contributed by atoms with Crippen LogP contribution in [-0.2, 0) is 11.2 Å². The van der Waals surface area contributed by atoms with Crippen molar-refractivity contribution in [3.63, 3.8) is 0 Å². The van der Waals surface area contributed by atoms with Crippen LogP contribution in [0.15, 0.2) is 41.4 Å². The van der Waals surface area contributed by atoms with Gasteiger partial charge in [-0.1, -0.05) is 24.6 Å². The van der Waals surface area contributed by atoms with E-state index in [0.29, 0.717) is 35.8 Å². The smallest absolute Gasteiger partial charge is 0.251 e. The fourth-order valence-electron chi connectivity index (χ4n) is 3.59. The standard InChI is InChI=1S/C22H25FN6O2S/c23-17-7-5-16(6-8-17)22(31)24-12-11-19-26-25-18-9-10-20(27-29(18)19)32-15-21(30)28-13-3-1-2-4-14-28/h5-10H,1-4,11-15H2,(H,24,31). The molecular formula is C22H25FN6O2S. The SMILES string of the molecule is O=C(NCCc1nnc2ccc(SCC(=O)N3CCCCCC3)nn12)c1ccc(F)cc1. The number of carbonyl (C=O) groups is 2. The molecule has 0 saturated carbocycles. The highest BCUT2D eigenvalue weighted by Crippen LogP contribution is 2.18. The van der Waals surface area contributed by atoms with Crippen molar-refractivity contribution in [3.8, 4) is 0 Å². The number of likely N-dealkylation sites (tertiary alicyclic amines) is 1. The number of amides is 2. The van der Waals surface area contributed by atoms with Gasteiger partial charge in [-0.15, -0.1) is 10.2 Å². The minimum absolute atomic E-state index is 0.145. The molecule has 2 amide bonds. The fourth-order valence-corrected chi connectivity index (χ4v) is 4.35. The Balaban J connectivity index is 1.33. The minimum atomic E-state index is -0.385. The van der Waals surface area contributed by atoms with Gasteiger partial charge in [-0.25, -0.2) is 4.39 Å². The van der Waals surface area contributed by atoms with E-state index in [0.717, 1.165) is 31.0 Å². The van der Waals surface area contributed by atoms with Crippen molar-refractivity contribution in [2.45, 2.75) is 37.1 Å². The molecule has 3 heterocycles. The summed E-state index contributed by atoms with van der Waals surface area (Å²) in [4.78, 5) is 26.7. The quantitative estimate of drug-likeness (QED) is 0.550. The molecule has 1 aliphatic rings. The summed E-state index contributed by atoms with van der Waals surface area (Å²) in [6.07, 6.45) is 4.96. The number of carbonyl (C=O) groups excluding carboxylic acids is 2. The van der Waals surface area contributed by atoms with Gasteiger partial charge in [-0.2, -0.15) is 9.61 Å². The first-order valence-corrected chi connectivity index (χ1v) is 11.7. The molecule has 0 radical (unpaired) electrons. The highest BCUT2D eigenvalue weighted by molar-refractivity contribution is 7.99. The molecule has 1 fully saturated rings. The number of hydrogen-bond donors (Lipinski definition) is 1. The van der Waals surface area contributed by atoms with Crippen LogP contribution in [0.2, 0.25) is 0 Å². The topological polar surface area (TPSA) is 92.5 Å². The van der Waals surface area contributed by atoms with Crippen molar-refractivity contribution in [1.29, 1.82) is 0 Å². The number of rotatable bonds is 7. The lowest BCUT2D eigenvalue weighted by Gasteiger charge is -2.19. The van der Waals surface area contributed by atoms with Crippen LogP contribution in [0.1, 0.15) is 41.9 Å². The Bertz CT molecular complexity index is 1080. The number of nitrogens with zero attached hydrogens (tertiary/aromatic N) is 5. The first-order chi connectivity index (χ1) is 15.6. The molecule has 0 unspecified atom stereocenters. The molecule has 1 saturated heterocycles. The van der Waals surface area contributed by atoms with E-state index >= 15 is 0 Å². The Kier molecular flexibility index (Phi) is 7.31. The molecular weight excluding hydrogens is 431 g/mol. The Labute approximate surface area is 189 Å². The maximum Gasteiger partial charge on any atom is 0.251 e. The molecule has 168 valence electrons. The molecule has 32 heavy (non-hydrogen) atoms. The van der Waals surface area contributed by atoms with Crippen molar-refractivity contribution in [1.82, 2.24) is 30.0 Å². The van der Waals surface area contributed by atoms with E-state index in [2.05, 4.69) is 20.6 Å². The van der Waals surface area contributed by atoms with Crippen LogP contribution in [0.5, 0.6) is 0 Å². The van der Waals surface area contributed by atoms with E-state index < -0.39 is 0 Å². The summed E-state index contributed by atoms with van der Waals surface area (Å²) < 4.78 is 14.6. The van der Waals surface area contributed by atoms with E-state index in [4.69, 9.17) is 0 Å². The van der Waals surface area contributed by atoms with E-state index in [-0.39, 0.29) is 17.6 Å². The molecule has 1 aromatic carbocycles. The van der Waals surface area contributed by atoms with Gasteiger partial charge in [0.1, 0.15) is 10.8 Å². The van der Waals surface area contributed by atoms with Crippen molar-refractivity contribution < 1.29 is 14.0 Å². The van der Waals surface area contributed by atoms with Crippen molar-refractivity contribution in [3.05, 3.63) is 53.6 Å². The maximum absolute atomic E-state index is 13.0. The Morgan fingerprint density at radius 2 is 1.75 bits per heavy atom. The Morgan fingerprint density at radius 3 is 2.50 bits per heavy atom. The van der Waals surface area contributed by atoms with Gasteiger partial charge >= 0.3 is 0 Å². The zero-order valence-electron chi connectivity index (χ0n) is 17.7. The van der Waals surface area contributed by atoms with Gasteiger partial charge in [-0.05, 0) is 49.2 Å². The molecule has 4 rings (SSSR count). The average Bonchev–Trinajstić information content (AvgIpc) is 3.01. The van der Waals surface area contributed by atoms with Crippen LogP contribution in [0.4, 0.5) is 4.39 Å². The van der Waals surface area contributed by atoms with Gasteiger partial charge in [0.15, 0.2) is 11.5 Å². The molecule has 1 aliphatic heterocycles. The third-order valence-corrected chi connectivity index (χ3v) is 6.25. The predicted octanol–water partition coefficient (Wildman–Crippen LogP) is 2.73. The third kappa shape index (κ3) is 5.61. The zero-order valence-corrected chi connectivity index (χ0v) is 18.5. The molecule has 3 aromatic rings. The maximum atomic E-state index is 13.0. The second-order valence-electron chi connectivity index (χ2n) is 7.65. The van der Waals surface area contributed by atoms with Crippen LogP contribution < -0.4 is 5.32 Å². The lowest BCUT2D eigenvalue weighted by Crippen LogP contribution is -2.33. The van der Waals surface area contributed by atoms with E-state index in [1.165, 1.54) is 48.9 Å². The first-order valence-electron chi connectivity index (χ1n) is 10.8. The number of hydrogen-bond acceptors (Lipinski definition) is 6. The van der Waals surface area contributed by atoms with Gasteiger partial charge in [0.2, 0.25) is 5.91 Å². The Hall–Kier alpha value is -3.01. The molecule has 8 nitrogen and oxygen atoms in total. The van der Waals surface area contributed by atoms with E-state index in [1.807, 2.05) is 17.0 Å². The van der Waals surface area contributed by atoms with E-state index in [1.54, 1.807) is 4.52 Å². The summed E-state index contributed by atoms with van der Waals surface area (Å²) >= 11 is 1.40. The summed E-state index contributed by atoms with van der Waals surface area (Å²) in [5.41, 5.74) is 0.997. The molecule has 0 bridgehead atoms. The largest absolute Gasteiger partial charge is 0.352 e. The Morgan fingerprint density at radius 1 is 1.00 bits per heavy atom. The minimum Gasteiger partial charge on any atom is -0.352 e. The van der Waals surface area contributed by atoms with Gasteiger partial charge in [-0.3, -0.25) is 9.59 Å². The molecule has 10 heteroatoms. The number of fused-ring (bicyclic) bond motifs is 1. The van der Waals surface area contributed by atoms with Crippen LogP contribution >= 0.6 is 11.8 Å². The summed E-state index contributed by atoms with van der Waals surface area (Å²) in [7, 11) is 0. The van der Waals surface area contributed by atoms with Crippen molar-refractivity contribution in [2.24, 2.45) is 0 Å².